The SMILES string of the molecule is CC1CCCN(Cc2cccc3c2CCCN3)C1C. The molecule has 1 N–H and O–H groups in total. The first-order valence-electron chi connectivity index (χ1n) is 7.84. The fraction of sp³-hybridized carbons (Fsp3) is 0.647. The molecule has 104 valence electrons. The van der Waals surface area contributed by atoms with Crippen LogP contribution in [-0.4, -0.2) is 24.0 Å². The van der Waals surface area contributed by atoms with Crippen molar-refractivity contribution in [3.8, 4) is 0 Å². The Balaban J connectivity index is 1.79. The second-order valence-electron chi connectivity index (χ2n) is 6.30. The normalized spacial score (nSPS) is 27.7. The Morgan fingerprint density at radius 2 is 2.16 bits per heavy atom. The molecule has 2 atom stereocenters. The second kappa shape index (κ2) is 5.54. The van der Waals surface area contributed by atoms with E-state index in [4.69, 9.17) is 0 Å². The van der Waals surface area contributed by atoms with Gasteiger partial charge in [0, 0.05) is 24.8 Å². The summed E-state index contributed by atoms with van der Waals surface area (Å²) in [6, 6.07) is 7.50. The second-order valence-corrected chi connectivity index (χ2v) is 6.30. The van der Waals surface area contributed by atoms with Crippen molar-refractivity contribution in [2.24, 2.45) is 5.92 Å². The number of piperidine rings is 1. The van der Waals surface area contributed by atoms with E-state index in [0.717, 1.165) is 25.0 Å². The largest absolute Gasteiger partial charge is 0.385 e. The van der Waals surface area contributed by atoms with E-state index in [1.54, 1.807) is 11.1 Å². The van der Waals surface area contributed by atoms with Gasteiger partial charge in [-0.1, -0.05) is 19.1 Å². The summed E-state index contributed by atoms with van der Waals surface area (Å²) in [5, 5.41) is 3.54. The highest BCUT2D eigenvalue weighted by Crippen LogP contribution is 2.29. The molecule has 2 heterocycles. The summed E-state index contributed by atoms with van der Waals surface area (Å²) in [7, 11) is 0. The zero-order chi connectivity index (χ0) is 13.2. The summed E-state index contributed by atoms with van der Waals surface area (Å²) in [4.78, 5) is 2.68. The third kappa shape index (κ3) is 2.64. The van der Waals surface area contributed by atoms with Crippen LogP contribution >= 0.6 is 0 Å². The maximum Gasteiger partial charge on any atom is 0.0375 e. The molecule has 0 amide bonds. The molecular formula is C17H26N2. The molecule has 2 aliphatic rings. The van der Waals surface area contributed by atoms with E-state index in [1.807, 2.05) is 0 Å². The van der Waals surface area contributed by atoms with Crippen LogP contribution in [-0.2, 0) is 13.0 Å². The molecule has 19 heavy (non-hydrogen) atoms. The Bertz CT molecular complexity index is 441. The Hall–Kier alpha value is -1.02. The van der Waals surface area contributed by atoms with Crippen LogP contribution < -0.4 is 5.32 Å². The van der Waals surface area contributed by atoms with Gasteiger partial charge in [-0.2, -0.15) is 0 Å². The van der Waals surface area contributed by atoms with Crippen LogP contribution in [0.5, 0.6) is 0 Å². The van der Waals surface area contributed by atoms with Gasteiger partial charge in [-0.3, -0.25) is 4.90 Å². The first-order chi connectivity index (χ1) is 9.25. The number of hydrogen-bond acceptors (Lipinski definition) is 2. The number of nitrogens with zero attached hydrogens (tertiary/aromatic N) is 1. The van der Waals surface area contributed by atoms with Crippen LogP contribution in [0.1, 0.15) is 44.2 Å². The van der Waals surface area contributed by atoms with Crippen molar-refractivity contribution in [2.75, 3.05) is 18.4 Å². The van der Waals surface area contributed by atoms with Crippen LogP contribution in [0.25, 0.3) is 0 Å². The van der Waals surface area contributed by atoms with Crippen molar-refractivity contribution in [1.82, 2.24) is 4.90 Å². The smallest absolute Gasteiger partial charge is 0.0375 e. The standard InChI is InChI=1S/C17H26N2/c1-13-6-5-11-19(14(13)2)12-15-7-3-9-17-16(15)8-4-10-18-17/h3,7,9,13-14,18H,4-6,8,10-12H2,1-2H3. The summed E-state index contributed by atoms with van der Waals surface area (Å²) >= 11 is 0. The van der Waals surface area contributed by atoms with Crippen molar-refractivity contribution in [2.45, 2.75) is 52.1 Å². The lowest BCUT2D eigenvalue weighted by Gasteiger charge is -2.38. The molecule has 0 saturated carbocycles. The minimum absolute atomic E-state index is 0.723. The minimum atomic E-state index is 0.723. The van der Waals surface area contributed by atoms with Crippen molar-refractivity contribution < 1.29 is 0 Å². The predicted octanol–water partition coefficient (Wildman–Crippen LogP) is 3.67. The van der Waals surface area contributed by atoms with Crippen molar-refractivity contribution >= 4 is 5.69 Å². The highest BCUT2D eigenvalue weighted by Gasteiger charge is 2.25. The van der Waals surface area contributed by atoms with E-state index in [1.165, 1.54) is 37.9 Å². The van der Waals surface area contributed by atoms with E-state index in [-0.39, 0.29) is 0 Å². The van der Waals surface area contributed by atoms with Crippen LogP contribution in [0.2, 0.25) is 0 Å². The fourth-order valence-corrected chi connectivity index (χ4v) is 3.59. The van der Waals surface area contributed by atoms with Gasteiger partial charge in [-0.25, -0.2) is 0 Å². The summed E-state index contributed by atoms with van der Waals surface area (Å²) < 4.78 is 0. The summed E-state index contributed by atoms with van der Waals surface area (Å²) in [5.41, 5.74) is 4.49. The number of benzene rings is 1. The van der Waals surface area contributed by atoms with Gasteiger partial charge >= 0.3 is 0 Å². The zero-order valence-corrected chi connectivity index (χ0v) is 12.3. The van der Waals surface area contributed by atoms with Gasteiger partial charge in [0.1, 0.15) is 0 Å². The quantitative estimate of drug-likeness (QED) is 0.871. The molecule has 3 rings (SSSR count). The molecule has 2 nitrogen and oxygen atoms in total. The van der Waals surface area contributed by atoms with Crippen LogP contribution in [0.3, 0.4) is 0 Å². The zero-order valence-electron chi connectivity index (χ0n) is 12.3. The van der Waals surface area contributed by atoms with Gasteiger partial charge in [0.2, 0.25) is 0 Å². The summed E-state index contributed by atoms with van der Waals surface area (Å²) in [5.74, 6) is 0.839. The number of fused-ring (bicyclic) bond motifs is 1. The number of hydrogen-bond donors (Lipinski definition) is 1. The monoisotopic (exact) mass is 258 g/mol. The first kappa shape index (κ1) is 13.0. The molecule has 1 saturated heterocycles. The van der Waals surface area contributed by atoms with Gasteiger partial charge in [-0.15, -0.1) is 0 Å². The lowest BCUT2D eigenvalue weighted by Crippen LogP contribution is -2.41. The number of nitrogens with one attached hydrogen (secondary N) is 1. The van der Waals surface area contributed by atoms with Crippen LogP contribution in [0, 0.1) is 5.92 Å². The van der Waals surface area contributed by atoms with Gasteiger partial charge in [0.25, 0.3) is 0 Å². The molecule has 0 spiro atoms. The maximum absolute atomic E-state index is 3.54. The Kier molecular flexibility index (Phi) is 3.79. The fourth-order valence-electron chi connectivity index (χ4n) is 3.59. The molecule has 0 radical (unpaired) electrons. The Morgan fingerprint density at radius 3 is 3.05 bits per heavy atom. The van der Waals surface area contributed by atoms with Gasteiger partial charge in [-0.05, 0) is 62.3 Å². The molecule has 2 heteroatoms. The summed E-state index contributed by atoms with van der Waals surface area (Å²) in [6.45, 7) is 8.34. The van der Waals surface area contributed by atoms with Gasteiger partial charge in [0.15, 0.2) is 0 Å². The molecule has 2 unspecified atom stereocenters. The number of rotatable bonds is 2. The first-order valence-corrected chi connectivity index (χ1v) is 7.84. The molecule has 1 aromatic rings. The predicted molar refractivity (Wildman–Crippen MR) is 81.5 cm³/mol. The molecule has 1 fully saturated rings. The van der Waals surface area contributed by atoms with Crippen LogP contribution in [0.4, 0.5) is 5.69 Å². The topological polar surface area (TPSA) is 15.3 Å². The molecule has 0 aromatic heterocycles. The molecule has 2 aliphatic heterocycles. The Morgan fingerprint density at radius 1 is 1.26 bits per heavy atom. The maximum atomic E-state index is 3.54. The van der Waals surface area contributed by atoms with Gasteiger partial charge < -0.3 is 5.32 Å². The minimum Gasteiger partial charge on any atom is -0.385 e. The van der Waals surface area contributed by atoms with Gasteiger partial charge in [0.05, 0.1) is 0 Å². The molecular weight excluding hydrogens is 232 g/mol. The average Bonchev–Trinajstić information content (AvgIpc) is 2.44. The number of likely N-dealkylation sites (tertiary alicyclic amines) is 1. The van der Waals surface area contributed by atoms with Crippen molar-refractivity contribution in [3.63, 3.8) is 0 Å². The van der Waals surface area contributed by atoms with Crippen molar-refractivity contribution in [1.29, 1.82) is 0 Å². The highest BCUT2D eigenvalue weighted by molar-refractivity contribution is 5.56. The van der Waals surface area contributed by atoms with E-state index >= 15 is 0 Å². The lowest BCUT2D eigenvalue weighted by atomic mass is 9.90. The lowest BCUT2D eigenvalue weighted by molar-refractivity contribution is 0.106. The Labute approximate surface area is 117 Å². The average molecular weight is 258 g/mol. The molecule has 1 aromatic carbocycles. The molecule has 0 bridgehead atoms. The van der Waals surface area contributed by atoms with Crippen molar-refractivity contribution in [3.05, 3.63) is 29.3 Å². The van der Waals surface area contributed by atoms with E-state index in [9.17, 15) is 0 Å². The third-order valence-corrected chi connectivity index (χ3v) is 5.07. The highest BCUT2D eigenvalue weighted by atomic mass is 15.2. The third-order valence-electron chi connectivity index (χ3n) is 5.07. The number of anilines is 1. The van der Waals surface area contributed by atoms with E-state index in [2.05, 4.69) is 42.3 Å². The van der Waals surface area contributed by atoms with Crippen LogP contribution in [0.15, 0.2) is 18.2 Å². The summed E-state index contributed by atoms with van der Waals surface area (Å²) in [6.07, 6.45) is 5.27. The van der Waals surface area contributed by atoms with E-state index < -0.39 is 0 Å². The van der Waals surface area contributed by atoms with E-state index in [0.29, 0.717) is 0 Å². The molecule has 0 aliphatic carbocycles.